The van der Waals surface area contributed by atoms with Crippen molar-refractivity contribution in [2.24, 2.45) is 0 Å². The van der Waals surface area contributed by atoms with Crippen LogP contribution in [0.2, 0.25) is 0 Å². The maximum atomic E-state index is 11.6. The van der Waals surface area contributed by atoms with Gasteiger partial charge in [-0.05, 0) is 25.0 Å². The summed E-state index contributed by atoms with van der Waals surface area (Å²) in [5.41, 5.74) is 0. The number of carbonyl (C=O) groups is 3. The predicted molar refractivity (Wildman–Crippen MR) is 73.0 cm³/mol. The van der Waals surface area contributed by atoms with E-state index in [1.165, 1.54) is 12.2 Å². The third-order valence-corrected chi connectivity index (χ3v) is 3.02. The first kappa shape index (κ1) is 16.4. The molecule has 0 radical (unpaired) electrons. The van der Waals surface area contributed by atoms with Crippen molar-refractivity contribution >= 4 is 17.7 Å². The number of esters is 2. The largest absolute Gasteiger partial charge is 0.454 e. The molecular weight excluding hydrogens is 260 g/mol. The van der Waals surface area contributed by atoms with Gasteiger partial charge in [-0.15, -0.1) is 0 Å². The van der Waals surface area contributed by atoms with Crippen LogP contribution in [0.3, 0.4) is 0 Å². The second kappa shape index (κ2) is 8.51. The van der Waals surface area contributed by atoms with E-state index in [9.17, 15) is 14.4 Å². The van der Waals surface area contributed by atoms with Crippen LogP contribution in [-0.2, 0) is 23.9 Å². The summed E-state index contributed by atoms with van der Waals surface area (Å²) in [7, 11) is 0. The molecular formula is C15H22O5. The standard InChI is InChI=1S/C15H22O5/c1-3-5-7-13(17)19-12-10-9-11(16)15(12)20-14(18)8-6-4-2/h9-10,12,15H,3-8H2,1-2H3. The minimum absolute atomic E-state index is 0.275. The Bertz CT molecular complexity index is 386. The lowest BCUT2D eigenvalue weighted by Gasteiger charge is -2.19. The van der Waals surface area contributed by atoms with Crippen molar-refractivity contribution in [3.8, 4) is 0 Å². The average molecular weight is 282 g/mol. The van der Waals surface area contributed by atoms with E-state index in [1.807, 2.05) is 13.8 Å². The SMILES string of the molecule is CCCCC(=O)OC1C=CC(=O)C1OC(=O)CCCC. The van der Waals surface area contributed by atoms with Crippen LogP contribution in [0.5, 0.6) is 0 Å². The van der Waals surface area contributed by atoms with E-state index in [1.54, 1.807) is 0 Å². The number of unbranched alkanes of at least 4 members (excludes halogenated alkanes) is 2. The summed E-state index contributed by atoms with van der Waals surface area (Å²) in [6, 6.07) is 0. The molecule has 0 amide bonds. The van der Waals surface area contributed by atoms with Crippen molar-refractivity contribution in [1.82, 2.24) is 0 Å². The van der Waals surface area contributed by atoms with Crippen LogP contribution >= 0.6 is 0 Å². The maximum Gasteiger partial charge on any atom is 0.306 e. The molecule has 0 saturated carbocycles. The molecule has 0 aliphatic heterocycles. The van der Waals surface area contributed by atoms with E-state index in [0.29, 0.717) is 12.8 Å². The van der Waals surface area contributed by atoms with Crippen molar-refractivity contribution < 1.29 is 23.9 Å². The van der Waals surface area contributed by atoms with E-state index in [-0.39, 0.29) is 18.2 Å². The molecule has 5 heteroatoms. The van der Waals surface area contributed by atoms with Crippen molar-refractivity contribution in [3.63, 3.8) is 0 Å². The molecule has 0 aromatic rings. The lowest BCUT2D eigenvalue weighted by atomic mass is 10.2. The summed E-state index contributed by atoms with van der Waals surface area (Å²) in [5.74, 6) is -1.13. The minimum Gasteiger partial charge on any atom is -0.454 e. The zero-order valence-electron chi connectivity index (χ0n) is 12.1. The van der Waals surface area contributed by atoms with Crippen LogP contribution in [0.15, 0.2) is 12.2 Å². The molecule has 5 nitrogen and oxygen atoms in total. The summed E-state index contributed by atoms with van der Waals surface area (Å²) in [6.45, 7) is 3.94. The molecule has 0 N–H and O–H groups in total. The number of hydrogen-bond donors (Lipinski definition) is 0. The van der Waals surface area contributed by atoms with Gasteiger partial charge in [0, 0.05) is 12.8 Å². The predicted octanol–water partition coefficient (Wildman–Crippen LogP) is 2.33. The summed E-state index contributed by atoms with van der Waals surface area (Å²) in [5, 5.41) is 0. The van der Waals surface area contributed by atoms with Crippen LogP contribution in [0.25, 0.3) is 0 Å². The van der Waals surface area contributed by atoms with E-state index in [2.05, 4.69) is 0 Å². The third kappa shape index (κ3) is 5.15. The topological polar surface area (TPSA) is 69.7 Å². The monoisotopic (exact) mass is 282 g/mol. The molecule has 20 heavy (non-hydrogen) atoms. The van der Waals surface area contributed by atoms with E-state index in [4.69, 9.17) is 9.47 Å². The zero-order valence-corrected chi connectivity index (χ0v) is 12.1. The molecule has 0 saturated heterocycles. The average Bonchev–Trinajstić information content (AvgIpc) is 2.75. The fourth-order valence-electron chi connectivity index (χ4n) is 1.83. The Hall–Kier alpha value is -1.65. The number of rotatable bonds is 8. The van der Waals surface area contributed by atoms with E-state index >= 15 is 0 Å². The Kier molecular flexibility index (Phi) is 6.98. The number of ketones is 1. The van der Waals surface area contributed by atoms with E-state index in [0.717, 1.165) is 19.3 Å². The summed E-state index contributed by atoms with van der Waals surface area (Å²) in [4.78, 5) is 34.8. The van der Waals surface area contributed by atoms with Crippen molar-refractivity contribution in [2.45, 2.75) is 64.6 Å². The van der Waals surface area contributed by atoms with Gasteiger partial charge in [0.15, 0.2) is 11.9 Å². The van der Waals surface area contributed by atoms with Crippen LogP contribution in [0.4, 0.5) is 0 Å². The molecule has 2 unspecified atom stereocenters. The molecule has 1 aliphatic carbocycles. The Morgan fingerprint density at radius 3 is 2.15 bits per heavy atom. The van der Waals surface area contributed by atoms with Gasteiger partial charge < -0.3 is 9.47 Å². The van der Waals surface area contributed by atoms with Gasteiger partial charge in [0.25, 0.3) is 0 Å². The first-order valence-electron chi connectivity index (χ1n) is 7.19. The highest BCUT2D eigenvalue weighted by Crippen LogP contribution is 2.17. The van der Waals surface area contributed by atoms with E-state index < -0.39 is 18.2 Å². The Labute approximate surface area is 119 Å². The Balaban J connectivity index is 2.48. The normalized spacial score (nSPS) is 21.0. The molecule has 1 aliphatic rings. The Morgan fingerprint density at radius 2 is 1.60 bits per heavy atom. The van der Waals surface area contributed by atoms with Gasteiger partial charge in [-0.25, -0.2) is 0 Å². The van der Waals surface area contributed by atoms with Crippen molar-refractivity contribution in [3.05, 3.63) is 12.2 Å². The number of hydrogen-bond acceptors (Lipinski definition) is 5. The van der Waals surface area contributed by atoms with Crippen LogP contribution in [0, 0.1) is 0 Å². The minimum atomic E-state index is -1.01. The molecule has 0 bridgehead atoms. The van der Waals surface area contributed by atoms with Gasteiger partial charge in [0.05, 0.1) is 0 Å². The highest BCUT2D eigenvalue weighted by atomic mass is 16.6. The quantitative estimate of drug-likeness (QED) is 0.639. The van der Waals surface area contributed by atoms with Crippen LogP contribution in [-0.4, -0.2) is 29.9 Å². The number of ether oxygens (including phenoxy) is 2. The lowest BCUT2D eigenvalue weighted by molar-refractivity contribution is -0.166. The van der Waals surface area contributed by atoms with Crippen LogP contribution in [0.1, 0.15) is 52.4 Å². The lowest BCUT2D eigenvalue weighted by Crippen LogP contribution is -2.35. The highest BCUT2D eigenvalue weighted by Gasteiger charge is 2.36. The molecule has 2 atom stereocenters. The van der Waals surface area contributed by atoms with Gasteiger partial charge in [-0.2, -0.15) is 0 Å². The second-order valence-corrected chi connectivity index (χ2v) is 4.83. The molecule has 0 aromatic carbocycles. The first-order chi connectivity index (χ1) is 9.58. The molecule has 0 fully saturated rings. The third-order valence-electron chi connectivity index (χ3n) is 3.02. The van der Waals surface area contributed by atoms with Gasteiger partial charge >= 0.3 is 11.9 Å². The van der Waals surface area contributed by atoms with Gasteiger partial charge in [-0.1, -0.05) is 26.7 Å². The van der Waals surface area contributed by atoms with Crippen LogP contribution < -0.4 is 0 Å². The maximum absolute atomic E-state index is 11.6. The fraction of sp³-hybridized carbons (Fsp3) is 0.667. The highest BCUT2D eigenvalue weighted by molar-refractivity contribution is 5.98. The second-order valence-electron chi connectivity index (χ2n) is 4.83. The summed E-state index contributed by atoms with van der Waals surface area (Å²) < 4.78 is 10.3. The molecule has 112 valence electrons. The van der Waals surface area contributed by atoms with Crippen molar-refractivity contribution in [1.29, 1.82) is 0 Å². The summed E-state index contributed by atoms with van der Waals surface area (Å²) >= 11 is 0. The molecule has 0 aromatic heterocycles. The van der Waals surface area contributed by atoms with Gasteiger partial charge in [0.1, 0.15) is 0 Å². The molecule has 0 spiro atoms. The summed E-state index contributed by atoms with van der Waals surface area (Å²) in [6.07, 6.45) is 4.80. The first-order valence-corrected chi connectivity index (χ1v) is 7.19. The number of carbonyl (C=O) groups excluding carboxylic acids is 3. The molecule has 0 heterocycles. The van der Waals surface area contributed by atoms with Crippen molar-refractivity contribution in [2.75, 3.05) is 0 Å². The van der Waals surface area contributed by atoms with Gasteiger partial charge in [-0.3, -0.25) is 14.4 Å². The van der Waals surface area contributed by atoms with Gasteiger partial charge in [0.2, 0.25) is 6.10 Å². The smallest absolute Gasteiger partial charge is 0.306 e. The Morgan fingerprint density at radius 1 is 1.05 bits per heavy atom. The molecule has 1 rings (SSSR count). The zero-order chi connectivity index (χ0) is 15.0. The fourth-order valence-corrected chi connectivity index (χ4v) is 1.83.